The molecule has 0 bridgehead atoms. The number of carbonyl (C=O) groups excluding carboxylic acids is 1. The van der Waals surface area contributed by atoms with Crippen molar-refractivity contribution in [3.05, 3.63) is 97.8 Å². The molecule has 1 amide bonds. The van der Waals surface area contributed by atoms with Crippen molar-refractivity contribution in [3.8, 4) is 0 Å². The Balaban J connectivity index is 2.16. The normalized spacial score (nSPS) is 11.9. The number of alkyl halides is 6. The van der Waals surface area contributed by atoms with E-state index in [2.05, 4.69) is 15.3 Å². The van der Waals surface area contributed by atoms with Crippen LogP contribution < -0.4 is 5.01 Å². The zero-order valence-corrected chi connectivity index (χ0v) is 17.8. The number of hydrogen-bond donors (Lipinski definition) is 0. The van der Waals surface area contributed by atoms with Crippen molar-refractivity contribution in [1.29, 1.82) is 0 Å². The van der Waals surface area contributed by atoms with Crippen LogP contribution in [0.4, 0.5) is 49.1 Å². The predicted octanol–water partition coefficient (Wildman–Crippen LogP) is 6.28. The second-order valence-electron chi connectivity index (χ2n) is 6.95. The summed E-state index contributed by atoms with van der Waals surface area (Å²) >= 11 is 0. The number of halogens is 6. The Morgan fingerprint density at radius 3 is 1.84 bits per heavy atom. The van der Waals surface area contributed by atoms with Gasteiger partial charge in [0.25, 0.3) is 17.3 Å². The van der Waals surface area contributed by atoms with Crippen LogP contribution in [0.15, 0.2) is 71.3 Å². The number of pyridine rings is 1. The number of hydrogen-bond acceptors (Lipinski definition) is 8. The van der Waals surface area contributed by atoms with E-state index in [0.717, 1.165) is 36.7 Å². The molecule has 0 radical (unpaired) electrons. The van der Waals surface area contributed by atoms with Crippen LogP contribution in [-0.2, 0) is 12.4 Å². The monoisotopic (exact) mass is 528 g/mol. The van der Waals surface area contributed by atoms with Crippen LogP contribution in [0.1, 0.15) is 21.5 Å². The van der Waals surface area contributed by atoms with Gasteiger partial charge in [-0.25, -0.2) is 0 Å². The predicted molar refractivity (Wildman–Crippen MR) is 112 cm³/mol. The van der Waals surface area contributed by atoms with Crippen LogP contribution in [0.25, 0.3) is 0 Å². The zero-order chi connectivity index (χ0) is 27.5. The summed E-state index contributed by atoms with van der Waals surface area (Å²) in [5.41, 5.74) is -7.51. The lowest BCUT2D eigenvalue weighted by Crippen LogP contribution is -2.25. The molecular formula is C20H10F6N6O5. The van der Waals surface area contributed by atoms with E-state index in [1.165, 1.54) is 0 Å². The van der Waals surface area contributed by atoms with Gasteiger partial charge in [-0.1, -0.05) is 5.22 Å². The molecule has 11 nitrogen and oxygen atoms in total. The molecule has 3 aromatic rings. The highest BCUT2D eigenvalue weighted by atomic mass is 19.4. The van der Waals surface area contributed by atoms with Gasteiger partial charge in [0.2, 0.25) is 0 Å². The fraction of sp³-hybridized carbons (Fsp3) is 0.100. The van der Waals surface area contributed by atoms with Crippen molar-refractivity contribution < 1.29 is 41.0 Å². The van der Waals surface area contributed by atoms with Crippen molar-refractivity contribution in [3.63, 3.8) is 0 Å². The second-order valence-corrected chi connectivity index (χ2v) is 6.95. The van der Waals surface area contributed by atoms with Gasteiger partial charge in [0.15, 0.2) is 0 Å². The van der Waals surface area contributed by atoms with Crippen LogP contribution >= 0.6 is 0 Å². The summed E-state index contributed by atoms with van der Waals surface area (Å²) in [7, 11) is 0. The van der Waals surface area contributed by atoms with Gasteiger partial charge in [0.05, 0.1) is 21.2 Å². The summed E-state index contributed by atoms with van der Waals surface area (Å²) in [5.74, 6) is -1.12. The fourth-order valence-electron chi connectivity index (χ4n) is 2.94. The lowest BCUT2D eigenvalue weighted by Gasteiger charge is -2.17. The van der Waals surface area contributed by atoms with Gasteiger partial charge >= 0.3 is 12.4 Å². The maximum Gasteiger partial charge on any atom is 0.423 e. The minimum atomic E-state index is -5.22. The van der Waals surface area contributed by atoms with Crippen molar-refractivity contribution in [2.75, 3.05) is 5.01 Å². The maximum atomic E-state index is 13.5. The number of rotatable bonds is 6. The Bertz CT molecular complexity index is 1390. The van der Waals surface area contributed by atoms with E-state index in [-0.39, 0.29) is 22.7 Å². The van der Waals surface area contributed by atoms with E-state index in [0.29, 0.717) is 12.1 Å². The van der Waals surface area contributed by atoms with Gasteiger partial charge in [0, 0.05) is 30.1 Å². The Kier molecular flexibility index (Phi) is 7.17. The molecule has 3 rings (SSSR count). The Labute approximate surface area is 200 Å². The van der Waals surface area contributed by atoms with E-state index >= 15 is 0 Å². The molecular weight excluding hydrogens is 518 g/mol. The lowest BCUT2D eigenvalue weighted by atomic mass is 10.1. The molecule has 0 aliphatic heterocycles. The molecule has 0 aliphatic carbocycles. The number of amides is 1. The molecule has 0 saturated carbocycles. The van der Waals surface area contributed by atoms with Crippen LogP contribution in [0.5, 0.6) is 0 Å². The van der Waals surface area contributed by atoms with Gasteiger partial charge < -0.3 is 0 Å². The molecule has 0 aliphatic rings. The Morgan fingerprint density at radius 1 is 0.811 bits per heavy atom. The quantitative estimate of drug-likeness (QED) is 0.159. The van der Waals surface area contributed by atoms with Crippen molar-refractivity contribution in [2.45, 2.75) is 12.4 Å². The third-order valence-corrected chi connectivity index (χ3v) is 4.58. The highest BCUT2D eigenvalue weighted by Crippen LogP contribution is 2.40. The molecule has 17 heteroatoms. The third-order valence-electron chi connectivity index (χ3n) is 4.58. The summed E-state index contributed by atoms with van der Waals surface area (Å²) in [6.07, 6.45) is -8.07. The Hall–Kier alpha value is -4.96. The molecule has 1 heterocycles. The Morgan fingerprint density at radius 2 is 1.32 bits per heavy atom. The first-order chi connectivity index (χ1) is 17.2. The van der Waals surface area contributed by atoms with Crippen LogP contribution in [-0.4, -0.2) is 20.7 Å². The van der Waals surface area contributed by atoms with Gasteiger partial charge in [-0.2, -0.15) is 31.4 Å². The van der Waals surface area contributed by atoms with E-state index < -0.39 is 62.0 Å². The standard InChI is InChI=1S/C20H10F6N6O5/c21-19(22,23)14-9-12(1-3-16(14)31(34)35)28-29-30(18(33)11-5-7-27-8-6-11)13-2-4-17(32(36)37)15(10-13)20(24,25)26/h1-10H. The van der Waals surface area contributed by atoms with Gasteiger partial charge in [-0.15, -0.1) is 5.11 Å². The van der Waals surface area contributed by atoms with Gasteiger partial charge in [0.1, 0.15) is 11.1 Å². The largest absolute Gasteiger partial charge is 0.423 e. The van der Waals surface area contributed by atoms with E-state index in [4.69, 9.17) is 0 Å². The van der Waals surface area contributed by atoms with E-state index in [9.17, 15) is 51.4 Å². The number of nitrogens with zero attached hydrogens (tertiary/aromatic N) is 6. The average molecular weight is 528 g/mol. The molecule has 0 N–H and O–H groups in total. The average Bonchev–Trinajstić information content (AvgIpc) is 2.83. The van der Waals surface area contributed by atoms with Gasteiger partial charge in [-0.3, -0.25) is 30.0 Å². The highest BCUT2D eigenvalue weighted by Gasteiger charge is 2.40. The second kappa shape index (κ2) is 9.96. The number of nitro benzene ring substituents is 2. The summed E-state index contributed by atoms with van der Waals surface area (Å²) in [5, 5.41) is 29.1. The number of nitro groups is 2. The minimum absolute atomic E-state index is 0.180. The number of benzene rings is 2. The summed E-state index contributed by atoms with van der Waals surface area (Å²) in [4.78, 5) is 36.0. The molecule has 0 fully saturated rings. The topological polar surface area (TPSA) is 144 Å². The third kappa shape index (κ3) is 6.00. The van der Waals surface area contributed by atoms with E-state index in [1.807, 2.05) is 0 Å². The summed E-state index contributed by atoms with van der Waals surface area (Å²) in [6, 6.07) is 5.27. The molecule has 2 aromatic carbocycles. The minimum Gasteiger partial charge on any atom is -0.267 e. The molecule has 0 unspecified atom stereocenters. The zero-order valence-electron chi connectivity index (χ0n) is 17.8. The number of anilines is 1. The van der Waals surface area contributed by atoms with Crippen LogP contribution in [0, 0.1) is 20.2 Å². The molecule has 0 spiro atoms. The van der Waals surface area contributed by atoms with E-state index in [1.54, 1.807) is 0 Å². The van der Waals surface area contributed by atoms with Gasteiger partial charge in [-0.05, 0) is 36.4 Å². The van der Waals surface area contributed by atoms with Crippen molar-refractivity contribution in [1.82, 2.24) is 4.98 Å². The van der Waals surface area contributed by atoms with Crippen molar-refractivity contribution in [2.24, 2.45) is 10.3 Å². The molecule has 37 heavy (non-hydrogen) atoms. The summed E-state index contributed by atoms with van der Waals surface area (Å²) < 4.78 is 80.1. The molecule has 1 aromatic heterocycles. The van der Waals surface area contributed by atoms with Crippen molar-refractivity contribution >= 4 is 28.7 Å². The first-order valence-electron chi connectivity index (χ1n) is 9.57. The SMILES string of the molecule is O=C(c1ccncc1)N(N=Nc1ccc([N+](=O)[O-])c(C(F)(F)F)c1)c1ccc([N+](=O)[O-])c(C(F)(F)F)c1. The smallest absolute Gasteiger partial charge is 0.267 e. The lowest BCUT2D eigenvalue weighted by molar-refractivity contribution is -0.388. The van der Waals surface area contributed by atoms with Crippen LogP contribution in [0.3, 0.4) is 0 Å². The molecule has 0 atom stereocenters. The summed E-state index contributed by atoms with van der Waals surface area (Å²) in [6.45, 7) is 0. The number of aromatic nitrogens is 1. The highest BCUT2D eigenvalue weighted by molar-refractivity contribution is 6.05. The molecule has 192 valence electrons. The maximum absolute atomic E-state index is 13.5. The van der Waals surface area contributed by atoms with Crippen LogP contribution in [0.2, 0.25) is 0 Å². The first kappa shape index (κ1) is 26.6. The fourth-order valence-corrected chi connectivity index (χ4v) is 2.94. The first-order valence-corrected chi connectivity index (χ1v) is 9.57. The molecule has 0 saturated heterocycles. The number of carbonyl (C=O) groups is 1.